The zero-order valence-corrected chi connectivity index (χ0v) is 8.26. The lowest BCUT2D eigenvalue weighted by molar-refractivity contribution is -0.115. The van der Waals surface area contributed by atoms with E-state index in [2.05, 4.69) is 9.47 Å². The van der Waals surface area contributed by atoms with Crippen LogP contribution >= 0.6 is 0 Å². The van der Waals surface area contributed by atoms with Gasteiger partial charge in [-0.05, 0) is 12.8 Å². The van der Waals surface area contributed by atoms with Crippen LogP contribution < -0.4 is 0 Å². The fourth-order valence-electron chi connectivity index (χ4n) is 0.773. The molecule has 2 nitrogen and oxygen atoms in total. The Bertz CT molecular complexity index is 99.8. The normalized spacial score (nSPS) is 15.7. The van der Waals surface area contributed by atoms with Crippen LogP contribution in [-0.4, -0.2) is 25.9 Å². The number of alkyl halides is 2. The highest BCUT2D eigenvalue weighted by Gasteiger charge is 2.14. The fraction of sp³-hybridized carbons (Fsp3) is 1.00. The summed E-state index contributed by atoms with van der Waals surface area (Å²) in [7, 11) is 0. The molecule has 0 aromatic heterocycles. The number of hydrogen-bond acceptors (Lipinski definition) is 2. The van der Waals surface area contributed by atoms with Crippen LogP contribution in [0.5, 0.6) is 0 Å². The molecule has 0 saturated heterocycles. The predicted molar refractivity (Wildman–Crippen MR) is 46.9 cm³/mol. The highest BCUT2D eigenvalue weighted by atomic mass is 19.2. The van der Waals surface area contributed by atoms with Gasteiger partial charge >= 0.3 is 0 Å². The second kappa shape index (κ2) is 8.38. The fourth-order valence-corrected chi connectivity index (χ4v) is 0.773. The van der Waals surface area contributed by atoms with Crippen molar-refractivity contribution in [2.75, 3.05) is 13.2 Å². The summed E-state index contributed by atoms with van der Waals surface area (Å²) in [5, 5.41) is 0. The zero-order chi connectivity index (χ0) is 10.1. The molecule has 0 aliphatic carbocycles. The van der Waals surface area contributed by atoms with E-state index in [9.17, 15) is 8.78 Å². The van der Waals surface area contributed by atoms with Crippen molar-refractivity contribution in [2.45, 2.75) is 45.8 Å². The Balaban J connectivity index is 3.35. The molecule has 80 valence electrons. The molecule has 0 amide bonds. The molecule has 0 aromatic carbocycles. The van der Waals surface area contributed by atoms with E-state index in [1.54, 1.807) is 0 Å². The molecule has 0 bridgehead atoms. The van der Waals surface area contributed by atoms with Gasteiger partial charge in [0.15, 0.2) is 0 Å². The summed E-state index contributed by atoms with van der Waals surface area (Å²) >= 11 is 0. The van der Waals surface area contributed by atoms with Crippen LogP contribution in [0.3, 0.4) is 0 Å². The Labute approximate surface area is 78.2 Å². The first kappa shape index (κ1) is 12.8. The highest BCUT2D eigenvalue weighted by molar-refractivity contribution is 4.47. The number of halogens is 2. The average molecular weight is 196 g/mol. The average Bonchev–Trinajstić information content (AvgIpc) is 2.11. The molecule has 2 atom stereocenters. The third-order valence-electron chi connectivity index (χ3n) is 1.38. The second-order valence-electron chi connectivity index (χ2n) is 2.80. The van der Waals surface area contributed by atoms with Crippen LogP contribution in [-0.2, 0) is 9.47 Å². The van der Waals surface area contributed by atoms with Crippen LogP contribution in [0.2, 0.25) is 0 Å². The molecule has 0 radical (unpaired) electrons. The first-order valence-electron chi connectivity index (χ1n) is 4.72. The maximum Gasteiger partial charge on any atom is 0.203 e. The van der Waals surface area contributed by atoms with Crippen LogP contribution in [0.4, 0.5) is 8.78 Å². The minimum absolute atomic E-state index is 0.321. The SMILES string of the molecule is CCCOC(F)CC(F)OCCC. The van der Waals surface area contributed by atoms with Gasteiger partial charge in [0.25, 0.3) is 0 Å². The van der Waals surface area contributed by atoms with E-state index in [-0.39, 0.29) is 6.42 Å². The Morgan fingerprint density at radius 2 is 1.31 bits per heavy atom. The molecule has 0 aliphatic rings. The van der Waals surface area contributed by atoms with Crippen molar-refractivity contribution >= 4 is 0 Å². The third-order valence-corrected chi connectivity index (χ3v) is 1.38. The molecule has 4 heteroatoms. The lowest BCUT2D eigenvalue weighted by atomic mass is 10.4. The summed E-state index contributed by atoms with van der Waals surface area (Å²) in [5.74, 6) is 0. The van der Waals surface area contributed by atoms with Gasteiger partial charge in [-0.25, -0.2) is 8.78 Å². The number of hydrogen-bond donors (Lipinski definition) is 0. The molecule has 0 spiro atoms. The molecule has 0 saturated carbocycles. The molecule has 0 heterocycles. The molecule has 0 rings (SSSR count). The van der Waals surface area contributed by atoms with Gasteiger partial charge in [-0.3, -0.25) is 0 Å². The van der Waals surface area contributed by atoms with Crippen molar-refractivity contribution in [3.63, 3.8) is 0 Å². The molecule has 2 unspecified atom stereocenters. The first-order chi connectivity index (χ1) is 6.20. The highest BCUT2D eigenvalue weighted by Crippen LogP contribution is 2.09. The van der Waals surface area contributed by atoms with Gasteiger partial charge in [-0.15, -0.1) is 0 Å². The van der Waals surface area contributed by atoms with E-state index in [0.717, 1.165) is 12.8 Å². The topological polar surface area (TPSA) is 18.5 Å². The van der Waals surface area contributed by atoms with E-state index in [0.29, 0.717) is 13.2 Å². The van der Waals surface area contributed by atoms with Crippen LogP contribution in [0.1, 0.15) is 33.1 Å². The summed E-state index contributed by atoms with van der Waals surface area (Å²) in [6, 6.07) is 0. The van der Waals surface area contributed by atoms with E-state index in [4.69, 9.17) is 0 Å². The van der Waals surface area contributed by atoms with Crippen molar-refractivity contribution in [3.05, 3.63) is 0 Å². The second-order valence-corrected chi connectivity index (χ2v) is 2.80. The molecule has 0 fully saturated rings. The van der Waals surface area contributed by atoms with Gasteiger partial charge in [0.2, 0.25) is 12.7 Å². The molecule has 0 N–H and O–H groups in total. The molecule has 0 aromatic rings. The van der Waals surface area contributed by atoms with Crippen LogP contribution in [0.15, 0.2) is 0 Å². The summed E-state index contributed by atoms with van der Waals surface area (Å²) < 4.78 is 34.8. The monoisotopic (exact) mass is 196 g/mol. The molecule has 0 aliphatic heterocycles. The van der Waals surface area contributed by atoms with E-state index in [1.807, 2.05) is 13.8 Å². The summed E-state index contributed by atoms with van der Waals surface area (Å²) in [4.78, 5) is 0. The molecular weight excluding hydrogens is 178 g/mol. The summed E-state index contributed by atoms with van der Waals surface area (Å²) in [5.41, 5.74) is 0. The van der Waals surface area contributed by atoms with Gasteiger partial charge < -0.3 is 9.47 Å². The van der Waals surface area contributed by atoms with Crippen molar-refractivity contribution in [1.82, 2.24) is 0 Å². The predicted octanol–water partition coefficient (Wildman–Crippen LogP) is 2.82. The molecular formula is C9H18F2O2. The van der Waals surface area contributed by atoms with Crippen molar-refractivity contribution in [3.8, 4) is 0 Å². The van der Waals surface area contributed by atoms with Crippen LogP contribution in [0.25, 0.3) is 0 Å². The lowest BCUT2D eigenvalue weighted by Crippen LogP contribution is -2.17. The summed E-state index contributed by atoms with van der Waals surface area (Å²) in [6.45, 7) is 4.38. The summed E-state index contributed by atoms with van der Waals surface area (Å²) in [6.07, 6.45) is -1.97. The maximum atomic E-state index is 12.7. The number of ether oxygens (including phenoxy) is 2. The van der Waals surface area contributed by atoms with Crippen LogP contribution in [0, 0.1) is 0 Å². The quantitative estimate of drug-likeness (QED) is 0.594. The van der Waals surface area contributed by atoms with E-state index < -0.39 is 12.7 Å². The minimum atomic E-state index is -1.55. The Morgan fingerprint density at radius 1 is 0.923 bits per heavy atom. The van der Waals surface area contributed by atoms with Crippen molar-refractivity contribution in [1.29, 1.82) is 0 Å². The zero-order valence-electron chi connectivity index (χ0n) is 8.26. The largest absolute Gasteiger partial charge is 0.348 e. The number of rotatable bonds is 8. The van der Waals surface area contributed by atoms with E-state index in [1.165, 1.54) is 0 Å². The van der Waals surface area contributed by atoms with E-state index >= 15 is 0 Å². The maximum absolute atomic E-state index is 12.7. The van der Waals surface area contributed by atoms with Gasteiger partial charge in [0.05, 0.1) is 6.42 Å². The third kappa shape index (κ3) is 8.12. The Morgan fingerprint density at radius 3 is 1.62 bits per heavy atom. The van der Waals surface area contributed by atoms with Gasteiger partial charge in [0, 0.05) is 13.2 Å². The smallest absolute Gasteiger partial charge is 0.203 e. The van der Waals surface area contributed by atoms with Gasteiger partial charge in [-0.1, -0.05) is 13.8 Å². The standard InChI is InChI=1S/C9H18F2O2/c1-3-5-12-8(10)7-9(11)13-6-4-2/h8-9H,3-7H2,1-2H3. The van der Waals surface area contributed by atoms with Crippen molar-refractivity contribution in [2.24, 2.45) is 0 Å². The van der Waals surface area contributed by atoms with Gasteiger partial charge in [-0.2, -0.15) is 0 Å². The van der Waals surface area contributed by atoms with Crippen molar-refractivity contribution < 1.29 is 18.3 Å². The first-order valence-corrected chi connectivity index (χ1v) is 4.72. The lowest BCUT2D eigenvalue weighted by Gasteiger charge is -2.12. The Kier molecular flexibility index (Phi) is 8.24. The minimum Gasteiger partial charge on any atom is -0.348 e. The Hall–Kier alpha value is -0.220. The molecule has 13 heavy (non-hydrogen) atoms. The van der Waals surface area contributed by atoms with Gasteiger partial charge in [0.1, 0.15) is 0 Å².